The molecule has 0 amide bonds. The topological polar surface area (TPSA) is 55.3 Å². The molecule has 1 N–H and O–H groups in total. The predicted octanol–water partition coefficient (Wildman–Crippen LogP) is 0.272. The molecule has 5 nitrogen and oxygen atoms in total. The smallest absolute Gasteiger partial charge is 0.343 e. The number of nitrogens with zero attached hydrogens (tertiary/aromatic N) is 2. The van der Waals surface area contributed by atoms with Crippen LogP contribution in [0.4, 0.5) is 8.78 Å². The summed E-state index contributed by atoms with van der Waals surface area (Å²) in [6.07, 6.45) is 4.34. The lowest BCUT2D eigenvalue weighted by Crippen LogP contribution is -3.00. The van der Waals surface area contributed by atoms with E-state index in [0.717, 1.165) is 5.82 Å². The van der Waals surface area contributed by atoms with Crippen molar-refractivity contribution < 1.29 is 52.0 Å². The van der Waals surface area contributed by atoms with Crippen LogP contribution in [-0.4, -0.2) is 28.2 Å². The highest BCUT2D eigenvalue weighted by molar-refractivity contribution is 5.81. The van der Waals surface area contributed by atoms with Crippen molar-refractivity contribution in [1.29, 1.82) is 0 Å². The molecule has 0 aliphatic heterocycles. The standard InChI is InChI=1S/C22H29F2N2O3.HI/c1-17-25(2)13-14-26(17)12-7-15-29-20(27)22(28,18-8-4-3-5-9-18)19-10-6-11-21(23,24)16-19;/h3-5,8-9,13-14,19,28H,6-7,10-12,15-16H2,1-2H3;1H/q+1;/p-1/t19-,22+;/m1./s1. The van der Waals surface area contributed by atoms with Crippen LogP contribution in [0.3, 0.4) is 0 Å². The van der Waals surface area contributed by atoms with Gasteiger partial charge in [0.15, 0.2) is 5.60 Å². The van der Waals surface area contributed by atoms with Gasteiger partial charge in [0.25, 0.3) is 5.82 Å². The Morgan fingerprint density at radius 3 is 2.67 bits per heavy atom. The molecule has 1 aromatic carbocycles. The second-order valence-electron chi connectivity index (χ2n) is 7.92. The van der Waals surface area contributed by atoms with Crippen molar-refractivity contribution in [1.82, 2.24) is 4.57 Å². The summed E-state index contributed by atoms with van der Waals surface area (Å²) in [7, 11) is 1.95. The van der Waals surface area contributed by atoms with Crippen LogP contribution in [-0.2, 0) is 28.7 Å². The summed E-state index contributed by atoms with van der Waals surface area (Å²) < 4.78 is 37.5. The van der Waals surface area contributed by atoms with E-state index in [2.05, 4.69) is 0 Å². The fraction of sp³-hybridized carbons (Fsp3) is 0.545. The van der Waals surface area contributed by atoms with Gasteiger partial charge in [-0.2, -0.15) is 0 Å². The highest BCUT2D eigenvalue weighted by atomic mass is 127. The van der Waals surface area contributed by atoms with Gasteiger partial charge in [0, 0.05) is 32.1 Å². The van der Waals surface area contributed by atoms with Crippen LogP contribution in [0.1, 0.15) is 43.5 Å². The fourth-order valence-corrected chi connectivity index (χ4v) is 4.09. The van der Waals surface area contributed by atoms with Gasteiger partial charge in [-0.05, 0) is 18.4 Å². The van der Waals surface area contributed by atoms with Crippen LogP contribution in [0.15, 0.2) is 42.7 Å². The zero-order chi connectivity index (χ0) is 21.1. The number of imidazole rings is 1. The summed E-state index contributed by atoms with van der Waals surface area (Å²) in [6, 6.07) is 8.31. The molecule has 1 saturated carbocycles. The Bertz CT molecular complexity index is 844. The lowest BCUT2D eigenvalue weighted by Gasteiger charge is -2.39. The Labute approximate surface area is 193 Å². The minimum absolute atomic E-state index is 0. The van der Waals surface area contributed by atoms with E-state index in [9.17, 15) is 18.7 Å². The molecule has 0 spiro atoms. The van der Waals surface area contributed by atoms with Gasteiger partial charge in [-0.3, -0.25) is 0 Å². The molecule has 0 bridgehead atoms. The number of benzene rings is 1. The number of hydrogen-bond acceptors (Lipinski definition) is 3. The number of rotatable bonds is 7. The summed E-state index contributed by atoms with van der Waals surface area (Å²) in [5, 5.41) is 11.4. The molecule has 30 heavy (non-hydrogen) atoms. The molecular weight excluding hydrogens is 505 g/mol. The molecule has 2 atom stereocenters. The van der Waals surface area contributed by atoms with Crippen LogP contribution < -0.4 is 28.5 Å². The fourth-order valence-electron chi connectivity index (χ4n) is 4.09. The van der Waals surface area contributed by atoms with Crippen LogP contribution in [0.5, 0.6) is 0 Å². The molecular formula is C22H29F2IN2O3. The number of carbonyl (C=O) groups excluding carboxylic acids is 1. The SMILES string of the molecule is Cc1n(CCCOC(=O)[C@](O)(c2ccccc2)[C@@H]2CCCC(F)(F)C2)cc[n+]1C.[I-]. The Morgan fingerprint density at radius 1 is 1.37 bits per heavy atom. The van der Waals surface area contributed by atoms with Crippen LogP contribution in [0.25, 0.3) is 0 Å². The van der Waals surface area contributed by atoms with E-state index in [1.54, 1.807) is 30.3 Å². The lowest BCUT2D eigenvalue weighted by atomic mass is 9.72. The maximum absolute atomic E-state index is 14.0. The van der Waals surface area contributed by atoms with Crippen molar-refractivity contribution in [3.05, 3.63) is 54.1 Å². The van der Waals surface area contributed by atoms with Gasteiger partial charge in [-0.25, -0.2) is 22.7 Å². The molecule has 1 heterocycles. The van der Waals surface area contributed by atoms with Gasteiger partial charge < -0.3 is 33.8 Å². The molecule has 1 fully saturated rings. The summed E-state index contributed by atoms with van der Waals surface area (Å²) >= 11 is 0. The molecule has 1 aromatic heterocycles. The van der Waals surface area contributed by atoms with E-state index in [-0.39, 0.29) is 43.4 Å². The lowest BCUT2D eigenvalue weighted by molar-refractivity contribution is -0.677. The van der Waals surface area contributed by atoms with Crippen LogP contribution in [0, 0.1) is 12.8 Å². The Morgan fingerprint density at radius 2 is 2.07 bits per heavy atom. The summed E-state index contributed by atoms with van der Waals surface area (Å²) in [5.74, 6) is -3.54. The van der Waals surface area contributed by atoms with Gasteiger partial charge in [-0.15, -0.1) is 0 Å². The highest BCUT2D eigenvalue weighted by Crippen LogP contribution is 2.45. The average molecular weight is 534 g/mol. The molecule has 0 unspecified atom stereocenters. The number of ether oxygens (including phenoxy) is 1. The number of esters is 1. The number of halogens is 3. The molecule has 0 saturated heterocycles. The number of hydrogen-bond donors (Lipinski definition) is 1. The zero-order valence-corrected chi connectivity index (χ0v) is 19.5. The van der Waals surface area contributed by atoms with Gasteiger partial charge >= 0.3 is 5.97 Å². The largest absolute Gasteiger partial charge is 1.00 e. The first-order valence-corrected chi connectivity index (χ1v) is 10.1. The van der Waals surface area contributed by atoms with Gasteiger partial charge in [0.2, 0.25) is 5.92 Å². The van der Waals surface area contributed by atoms with Crippen molar-refractivity contribution >= 4 is 5.97 Å². The summed E-state index contributed by atoms with van der Waals surface area (Å²) in [4.78, 5) is 12.9. The third kappa shape index (κ3) is 5.38. The number of aromatic nitrogens is 2. The van der Waals surface area contributed by atoms with E-state index in [4.69, 9.17) is 4.74 Å². The molecule has 3 rings (SSSR count). The molecule has 1 aliphatic rings. The first kappa shape index (κ1) is 24.7. The summed E-state index contributed by atoms with van der Waals surface area (Å²) in [5.41, 5.74) is -1.76. The maximum atomic E-state index is 14.0. The number of aliphatic hydroxyl groups is 1. The van der Waals surface area contributed by atoms with Crippen LogP contribution >= 0.6 is 0 Å². The molecule has 166 valence electrons. The Hall–Kier alpha value is -1.55. The normalized spacial score (nSPS) is 20.1. The van der Waals surface area contributed by atoms with Crippen molar-refractivity contribution in [2.24, 2.45) is 13.0 Å². The third-order valence-corrected chi connectivity index (χ3v) is 5.93. The monoisotopic (exact) mass is 534 g/mol. The van der Waals surface area contributed by atoms with Crippen molar-refractivity contribution in [3.63, 3.8) is 0 Å². The van der Waals surface area contributed by atoms with E-state index in [1.165, 1.54) is 0 Å². The van der Waals surface area contributed by atoms with Crippen molar-refractivity contribution in [2.45, 2.75) is 57.1 Å². The van der Waals surface area contributed by atoms with Gasteiger partial charge in [0.1, 0.15) is 12.4 Å². The second kappa shape index (κ2) is 10.2. The van der Waals surface area contributed by atoms with E-state index in [1.807, 2.05) is 35.5 Å². The quantitative estimate of drug-likeness (QED) is 0.240. The molecule has 8 heteroatoms. The predicted molar refractivity (Wildman–Crippen MR) is 103 cm³/mol. The van der Waals surface area contributed by atoms with E-state index >= 15 is 0 Å². The molecule has 2 aromatic rings. The van der Waals surface area contributed by atoms with E-state index < -0.39 is 29.8 Å². The highest BCUT2D eigenvalue weighted by Gasteiger charge is 2.52. The average Bonchev–Trinajstić information content (AvgIpc) is 3.02. The zero-order valence-electron chi connectivity index (χ0n) is 17.4. The second-order valence-corrected chi connectivity index (χ2v) is 7.92. The van der Waals surface area contributed by atoms with Gasteiger partial charge in [0.05, 0.1) is 20.2 Å². The Kier molecular flexibility index (Phi) is 8.38. The van der Waals surface area contributed by atoms with Gasteiger partial charge in [-0.1, -0.05) is 30.3 Å². The number of alkyl halides is 2. The minimum atomic E-state index is -2.88. The van der Waals surface area contributed by atoms with Crippen LogP contribution in [0.2, 0.25) is 0 Å². The van der Waals surface area contributed by atoms with Crippen molar-refractivity contribution in [2.75, 3.05) is 6.61 Å². The summed E-state index contributed by atoms with van der Waals surface area (Å²) in [6.45, 7) is 2.76. The minimum Gasteiger partial charge on any atom is -1.00 e. The first-order valence-electron chi connectivity index (χ1n) is 10.1. The Balaban J connectivity index is 0.00000320. The molecule has 0 radical (unpaired) electrons. The molecule has 1 aliphatic carbocycles. The maximum Gasteiger partial charge on any atom is 0.343 e. The number of aryl methyl sites for hydroxylation is 2. The van der Waals surface area contributed by atoms with E-state index in [0.29, 0.717) is 24.9 Å². The first-order chi connectivity index (χ1) is 13.7. The third-order valence-electron chi connectivity index (χ3n) is 5.93. The number of carbonyl (C=O) groups is 1. The van der Waals surface area contributed by atoms with Crippen molar-refractivity contribution in [3.8, 4) is 0 Å².